The first kappa shape index (κ1) is 17.4. The third kappa shape index (κ3) is 4.79. The topological polar surface area (TPSA) is 41.6 Å². The van der Waals surface area contributed by atoms with Gasteiger partial charge in [0, 0.05) is 30.9 Å². The van der Waals surface area contributed by atoms with E-state index in [4.69, 9.17) is 4.74 Å². The standard InChI is InChI=1S/C20H23FN2O2/c1-15-12-17(21)4-7-20(15)22-14-19(24)13-16-2-5-18(6-3-16)23-8-10-25-11-9-23/h2-7,12,22H,8-11,13-14H2,1H3. The number of aryl methyl sites for hydroxylation is 1. The van der Waals surface area contributed by atoms with E-state index in [9.17, 15) is 9.18 Å². The number of anilines is 2. The van der Waals surface area contributed by atoms with Crippen molar-refractivity contribution in [3.63, 3.8) is 0 Å². The molecule has 25 heavy (non-hydrogen) atoms. The number of benzene rings is 2. The van der Waals surface area contributed by atoms with E-state index < -0.39 is 0 Å². The van der Waals surface area contributed by atoms with Gasteiger partial charge in [-0.2, -0.15) is 0 Å². The Hall–Kier alpha value is -2.40. The normalized spacial score (nSPS) is 14.4. The summed E-state index contributed by atoms with van der Waals surface area (Å²) in [7, 11) is 0. The lowest BCUT2D eigenvalue weighted by Gasteiger charge is -2.28. The number of ketones is 1. The van der Waals surface area contributed by atoms with E-state index >= 15 is 0 Å². The van der Waals surface area contributed by atoms with Crippen LogP contribution in [-0.4, -0.2) is 38.6 Å². The Labute approximate surface area is 147 Å². The molecule has 0 bridgehead atoms. The number of nitrogens with one attached hydrogen (secondary N) is 1. The smallest absolute Gasteiger partial charge is 0.156 e. The third-order valence-electron chi connectivity index (χ3n) is 4.38. The lowest BCUT2D eigenvalue weighted by atomic mass is 10.1. The largest absolute Gasteiger partial charge is 0.378 e. The molecule has 1 saturated heterocycles. The van der Waals surface area contributed by atoms with Crippen LogP contribution in [0.2, 0.25) is 0 Å². The molecule has 4 nitrogen and oxygen atoms in total. The molecule has 1 heterocycles. The van der Waals surface area contributed by atoms with Crippen molar-refractivity contribution in [3.05, 3.63) is 59.4 Å². The summed E-state index contributed by atoms with van der Waals surface area (Å²) in [6.45, 7) is 5.37. The summed E-state index contributed by atoms with van der Waals surface area (Å²) in [5.41, 5.74) is 3.75. The molecule has 0 amide bonds. The maximum atomic E-state index is 13.1. The first-order valence-electron chi connectivity index (χ1n) is 8.55. The molecule has 1 N–H and O–H groups in total. The molecule has 0 aromatic heterocycles. The number of hydrogen-bond donors (Lipinski definition) is 1. The van der Waals surface area contributed by atoms with E-state index in [0.29, 0.717) is 6.42 Å². The minimum atomic E-state index is -0.269. The highest BCUT2D eigenvalue weighted by Gasteiger charge is 2.11. The van der Waals surface area contributed by atoms with Crippen LogP contribution in [-0.2, 0) is 16.0 Å². The summed E-state index contributed by atoms with van der Waals surface area (Å²) in [6.07, 6.45) is 0.386. The van der Waals surface area contributed by atoms with Crippen molar-refractivity contribution in [2.75, 3.05) is 43.1 Å². The van der Waals surface area contributed by atoms with Gasteiger partial charge in [-0.1, -0.05) is 12.1 Å². The first-order chi connectivity index (χ1) is 12.1. The van der Waals surface area contributed by atoms with Crippen molar-refractivity contribution in [2.45, 2.75) is 13.3 Å². The number of ether oxygens (including phenoxy) is 1. The SMILES string of the molecule is Cc1cc(F)ccc1NCC(=O)Cc1ccc(N2CCOCC2)cc1. The van der Waals surface area contributed by atoms with E-state index in [-0.39, 0.29) is 18.1 Å². The van der Waals surface area contributed by atoms with Gasteiger partial charge in [-0.3, -0.25) is 4.79 Å². The second-order valence-corrected chi connectivity index (χ2v) is 6.29. The molecule has 3 rings (SSSR count). The van der Waals surface area contributed by atoms with Crippen molar-refractivity contribution in [1.29, 1.82) is 0 Å². The van der Waals surface area contributed by atoms with Gasteiger partial charge in [0.25, 0.3) is 0 Å². The zero-order valence-corrected chi connectivity index (χ0v) is 14.4. The van der Waals surface area contributed by atoms with Crippen molar-refractivity contribution in [3.8, 4) is 0 Å². The fourth-order valence-corrected chi connectivity index (χ4v) is 2.96. The van der Waals surface area contributed by atoms with Gasteiger partial charge in [0.15, 0.2) is 5.78 Å². The predicted molar refractivity (Wildman–Crippen MR) is 97.8 cm³/mol. The molecule has 5 heteroatoms. The van der Waals surface area contributed by atoms with E-state index in [1.807, 2.05) is 19.1 Å². The molecule has 0 spiro atoms. The molecular formula is C20H23FN2O2. The van der Waals surface area contributed by atoms with Crippen LogP contribution < -0.4 is 10.2 Å². The van der Waals surface area contributed by atoms with E-state index in [2.05, 4.69) is 22.3 Å². The highest BCUT2D eigenvalue weighted by atomic mass is 19.1. The number of Topliss-reactive ketones (excluding diaryl/α,β-unsaturated/α-hetero) is 1. The highest BCUT2D eigenvalue weighted by Crippen LogP contribution is 2.18. The number of carbonyl (C=O) groups excluding carboxylic acids is 1. The van der Waals surface area contributed by atoms with Gasteiger partial charge in [-0.25, -0.2) is 4.39 Å². The number of rotatable bonds is 6. The Balaban J connectivity index is 1.52. The molecule has 0 saturated carbocycles. The zero-order chi connectivity index (χ0) is 17.6. The van der Waals surface area contributed by atoms with Gasteiger partial charge in [-0.05, 0) is 48.4 Å². The van der Waals surface area contributed by atoms with Crippen LogP contribution in [0.3, 0.4) is 0 Å². The molecule has 0 radical (unpaired) electrons. The van der Waals surface area contributed by atoms with Gasteiger partial charge in [0.2, 0.25) is 0 Å². The van der Waals surface area contributed by atoms with Crippen LogP contribution in [0.15, 0.2) is 42.5 Å². The van der Waals surface area contributed by atoms with E-state index in [0.717, 1.165) is 43.1 Å². The molecule has 132 valence electrons. The maximum Gasteiger partial charge on any atom is 0.156 e. The lowest BCUT2D eigenvalue weighted by molar-refractivity contribution is -0.116. The molecule has 2 aromatic carbocycles. The molecular weight excluding hydrogens is 319 g/mol. The summed E-state index contributed by atoms with van der Waals surface area (Å²) in [4.78, 5) is 14.5. The van der Waals surface area contributed by atoms with Gasteiger partial charge >= 0.3 is 0 Å². The highest BCUT2D eigenvalue weighted by molar-refractivity contribution is 5.85. The van der Waals surface area contributed by atoms with Crippen LogP contribution in [0, 0.1) is 12.7 Å². The van der Waals surface area contributed by atoms with Gasteiger partial charge in [-0.15, -0.1) is 0 Å². The summed E-state index contributed by atoms with van der Waals surface area (Å²) in [5.74, 6) is -0.169. The molecule has 0 aliphatic carbocycles. The van der Waals surface area contributed by atoms with Crippen molar-refractivity contribution in [2.24, 2.45) is 0 Å². The summed E-state index contributed by atoms with van der Waals surface area (Å²) in [5, 5.41) is 3.08. The van der Waals surface area contributed by atoms with Crippen LogP contribution >= 0.6 is 0 Å². The van der Waals surface area contributed by atoms with Gasteiger partial charge in [0.05, 0.1) is 19.8 Å². The summed E-state index contributed by atoms with van der Waals surface area (Å²) < 4.78 is 18.5. The Morgan fingerprint density at radius 1 is 1.16 bits per heavy atom. The molecule has 1 fully saturated rings. The molecule has 1 aliphatic heterocycles. The minimum absolute atomic E-state index is 0.0999. The second kappa shape index (κ2) is 8.12. The Bertz CT molecular complexity index is 725. The number of morpholine rings is 1. The number of nitrogens with zero attached hydrogens (tertiary/aromatic N) is 1. The fourth-order valence-electron chi connectivity index (χ4n) is 2.96. The molecule has 0 unspecified atom stereocenters. The monoisotopic (exact) mass is 342 g/mol. The molecule has 1 aliphatic rings. The van der Waals surface area contributed by atoms with Crippen molar-refractivity contribution < 1.29 is 13.9 Å². The van der Waals surface area contributed by atoms with E-state index in [1.54, 1.807) is 6.07 Å². The number of hydrogen-bond acceptors (Lipinski definition) is 4. The van der Waals surface area contributed by atoms with E-state index in [1.165, 1.54) is 17.8 Å². The molecule has 0 atom stereocenters. The zero-order valence-electron chi connectivity index (χ0n) is 14.4. The fraction of sp³-hybridized carbons (Fsp3) is 0.350. The first-order valence-corrected chi connectivity index (χ1v) is 8.55. The lowest BCUT2D eigenvalue weighted by Crippen LogP contribution is -2.36. The van der Waals surface area contributed by atoms with Crippen molar-refractivity contribution >= 4 is 17.2 Å². The summed E-state index contributed by atoms with van der Waals surface area (Å²) >= 11 is 0. The predicted octanol–water partition coefficient (Wildman–Crippen LogP) is 3.19. The Kier molecular flexibility index (Phi) is 5.66. The second-order valence-electron chi connectivity index (χ2n) is 6.29. The Morgan fingerprint density at radius 3 is 2.56 bits per heavy atom. The van der Waals surface area contributed by atoms with Crippen LogP contribution in [0.4, 0.5) is 15.8 Å². The van der Waals surface area contributed by atoms with Crippen molar-refractivity contribution in [1.82, 2.24) is 0 Å². The quantitative estimate of drug-likeness (QED) is 0.875. The minimum Gasteiger partial charge on any atom is -0.378 e. The average molecular weight is 342 g/mol. The van der Waals surface area contributed by atoms with Crippen LogP contribution in [0.25, 0.3) is 0 Å². The van der Waals surface area contributed by atoms with Crippen LogP contribution in [0.5, 0.6) is 0 Å². The number of halogens is 1. The van der Waals surface area contributed by atoms with Gasteiger partial charge in [0.1, 0.15) is 5.82 Å². The Morgan fingerprint density at radius 2 is 1.88 bits per heavy atom. The van der Waals surface area contributed by atoms with Crippen LogP contribution in [0.1, 0.15) is 11.1 Å². The molecule has 2 aromatic rings. The third-order valence-corrected chi connectivity index (χ3v) is 4.38. The average Bonchev–Trinajstić information content (AvgIpc) is 2.62. The maximum absolute atomic E-state index is 13.1. The number of carbonyl (C=O) groups is 1. The summed E-state index contributed by atoms with van der Waals surface area (Å²) in [6, 6.07) is 12.6. The van der Waals surface area contributed by atoms with Gasteiger partial charge < -0.3 is 15.0 Å².